The second-order valence-electron chi connectivity index (χ2n) is 9.08. The predicted molar refractivity (Wildman–Crippen MR) is 127 cm³/mol. The van der Waals surface area contributed by atoms with Crippen LogP contribution in [0.1, 0.15) is 65.5 Å². The molecule has 2 aromatic heterocycles. The largest absolute Gasteiger partial charge is 0.408 e. The fourth-order valence-electron chi connectivity index (χ4n) is 4.94. The van der Waals surface area contributed by atoms with Crippen molar-refractivity contribution >= 4 is 34.1 Å². The highest BCUT2D eigenvalue weighted by molar-refractivity contribution is 5.94. The molecule has 2 aromatic carbocycles. The molecular formula is C26H26N4O5. The molecule has 9 nitrogen and oxygen atoms in total. The summed E-state index contributed by atoms with van der Waals surface area (Å²) in [5.41, 5.74) is 2.41. The third-order valence-corrected chi connectivity index (χ3v) is 6.78. The Morgan fingerprint density at radius 2 is 1.83 bits per heavy atom. The summed E-state index contributed by atoms with van der Waals surface area (Å²) in [7, 11) is 0. The second kappa shape index (κ2) is 8.90. The fourth-order valence-corrected chi connectivity index (χ4v) is 4.94. The van der Waals surface area contributed by atoms with Gasteiger partial charge in [0.15, 0.2) is 6.23 Å². The minimum Gasteiger partial charge on any atom is -0.408 e. The first-order valence-corrected chi connectivity index (χ1v) is 12.1. The molecule has 0 amide bonds. The van der Waals surface area contributed by atoms with Gasteiger partial charge in [0, 0.05) is 29.4 Å². The van der Waals surface area contributed by atoms with E-state index in [4.69, 9.17) is 14.2 Å². The summed E-state index contributed by atoms with van der Waals surface area (Å²) >= 11 is 0. The molecule has 2 fully saturated rings. The number of fused-ring (bicyclic) bond motifs is 2. The molecule has 2 aliphatic rings. The third kappa shape index (κ3) is 3.90. The van der Waals surface area contributed by atoms with Crippen molar-refractivity contribution in [3.05, 3.63) is 59.9 Å². The molecule has 2 aliphatic heterocycles. The Balaban J connectivity index is 1.36. The van der Waals surface area contributed by atoms with Crippen molar-refractivity contribution in [3.63, 3.8) is 0 Å². The van der Waals surface area contributed by atoms with Crippen molar-refractivity contribution in [2.45, 2.75) is 50.7 Å². The lowest BCUT2D eigenvalue weighted by Crippen LogP contribution is -2.44. The van der Waals surface area contributed by atoms with Gasteiger partial charge in [-0.25, -0.2) is 9.48 Å². The first-order chi connectivity index (χ1) is 17.2. The highest BCUT2D eigenvalue weighted by Crippen LogP contribution is 2.35. The number of ether oxygens (including phenoxy) is 3. The highest BCUT2D eigenvalue weighted by atomic mass is 16.7. The Morgan fingerprint density at radius 3 is 2.63 bits per heavy atom. The lowest BCUT2D eigenvalue weighted by atomic mass is 10.1. The number of carbonyl (C=O) groups excluding carboxylic acids is 2. The van der Waals surface area contributed by atoms with E-state index in [0.29, 0.717) is 36.3 Å². The molecule has 4 heterocycles. The summed E-state index contributed by atoms with van der Waals surface area (Å²) in [5.74, 6) is -1.90. The van der Waals surface area contributed by atoms with Gasteiger partial charge in [0.1, 0.15) is 6.29 Å². The Labute approximate surface area is 201 Å². The van der Waals surface area contributed by atoms with Gasteiger partial charge in [-0.2, -0.15) is 14.9 Å². The summed E-state index contributed by atoms with van der Waals surface area (Å²) in [5, 5.41) is 10.8. The minimum absolute atomic E-state index is 0.136. The highest BCUT2D eigenvalue weighted by Gasteiger charge is 2.42. The maximum absolute atomic E-state index is 13.5. The van der Waals surface area contributed by atoms with E-state index in [2.05, 4.69) is 10.2 Å². The van der Waals surface area contributed by atoms with Gasteiger partial charge in [-0.05, 0) is 50.3 Å². The Hall–Kier alpha value is -3.56. The van der Waals surface area contributed by atoms with Crippen molar-refractivity contribution in [1.82, 2.24) is 19.6 Å². The van der Waals surface area contributed by atoms with Crippen molar-refractivity contribution < 1.29 is 23.8 Å². The number of aldehydes is 1. The van der Waals surface area contributed by atoms with Crippen LogP contribution in [0.15, 0.2) is 48.8 Å². The topological polar surface area (TPSA) is 97.5 Å². The predicted octanol–water partition coefficient (Wildman–Crippen LogP) is 4.57. The molecule has 0 spiro atoms. The van der Waals surface area contributed by atoms with E-state index in [0.717, 1.165) is 54.7 Å². The van der Waals surface area contributed by atoms with Gasteiger partial charge in [-0.3, -0.25) is 4.79 Å². The molecule has 180 valence electrons. The van der Waals surface area contributed by atoms with Crippen molar-refractivity contribution in [3.8, 4) is 0 Å². The van der Waals surface area contributed by atoms with E-state index in [1.54, 1.807) is 41.3 Å². The van der Waals surface area contributed by atoms with Crippen LogP contribution in [0.25, 0.3) is 21.8 Å². The molecule has 2 atom stereocenters. The molecule has 4 aromatic rings. The number of hydrogen-bond donors (Lipinski definition) is 0. The summed E-state index contributed by atoms with van der Waals surface area (Å²) in [6.07, 6.45) is 9.27. The van der Waals surface area contributed by atoms with Gasteiger partial charge in [-0.15, -0.1) is 0 Å². The Morgan fingerprint density at radius 1 is 1.00 bits per heavy atom. The van der Waals surface area contributed by atoms with Gasteiger partial charge >= 0.3 is 11.9 Å². The summed E-state index contributed by atoms with van der Waals surface area (Å²) < 4.78 is 21.5. The summed E-state index contributed by atoms with van der Waals surface area (Å²) in [4.78, 5) is 24.8. The van der Waals surface area contributed by atoms with Crippen LogP contribution in [0, 0.1) is 0 Å². The molecule has 35 heavy (non-hydrogen) atoms. The SMILES string of the molecule is O=Cc1ccc2cnn([C@@]3(OC(=O)c4ccc5cnn([C@H]6CCCCO6)c5c4)CCCCO3)c2c1. The number of aromatic nitrogens is 4. The molecule has 0 saturated carbocycles. The van der Waals surface area contributed by atoms with Crippen molar-refractivity contribution in [1.29, 1.82) is 0 Å². The third-order valence-electron chi connectivity index (χ3n) is 6.78. The van der Waals surface area contributed by atoms with Crippen LogP contribution in [0.5, 0.6) is 0 Å². The molecule has 9 heteroatoms. The zero-order valence-electron chi connectivity index (χ0n) is 19.3. The van der Waals surface area contributed by atoms with Crippen LogP contribution < -0.4 is 0 Å². The molecule has 0 unspecified atom stereocenters. The zero-order chi connectivity index (χ0) is 23.8. The van der Waals surface area contributed by atoms with Gasteiger partial charge in [-0.1, -0.05) is 18.2 Å². The monoisotopic (exact) mass is 474 g/mol. The van der Waals surface area contributed by atoms with Crippen LogP contribution in [-0.4, -0.2) is 45.0 Å². The van der Waals surface area contributed by atoms with E-state index >= 15 is 0 Å². The van der Waals surface area contributed by atoms with Crippen LogP contribution >= 0.6 is 0 Å². The maximum atomic E-state index is 13.5. The van der Waals surface area contributed by atoms with E-state index in [1.165, 1.54) is 0 Å². The average Bonchev–Trinajstić information content (AvgIpc) is 3.53. The summed E-state index contributed by atoms with van der Waals surface area (Å²) in [6, 6.07) is 10.7. The summed E-state index contributed by atoms with van der Waals surface area (Å²) in [6.45, 7) is 1.14. The van der Waals surface area contributed by atoms with Crippen LogP contribution in [0.2, 0.25) is 0 Å². The Bertz CT molecular complexity index is 1400. The van der Waals surface area contributed by atoms with E-state index in [9.17, 15) is 9.59 Å². The van der Waals surface area contributed by atoms with Gasteiger partial charge in [0.2, 0.25) is 0 Å². The smallest absolute Gasteiger partial charge is 0.342 e. The molecule has 6 rings (SSSR count). The van der Waals surface area contributed by atoms with Crippen LogP contribution in [0.4, 0.5) is 0 Å². The quantitative estimate of drug-likeness (QED) is 0.309. The molecule has 2 saturated heterocycles. The number of rotatable bonds is 5. The number of esters is 1. The normalized spacial score (nSPS) is 22.9. The zero-order valence-corrected chi connectivity index (χ0v) is 19.3. The van der Waals surface area contributed by atoms with E-state index in [1.807, 2.05) is 16.8 Å². The first kappa shape index (κ1) is 21.9. The second-order valence-corrected chi connectivity index (χ2v) is 9.08. The number of hydrogen-bond acceptors (Lipinski definition) is 7. The van der Waals surface area contributed by atoms with Crippen molar-refractivity contribution in [2.24, 2.45) is 0 Å². The minimum atomic E-state index is -1.39. The molecule has 0 aliphatic carbocycles. The molecule has 0 N–H and O–H groups in total. The fraction of sp³-hybridized carbons (Fsp3) is 0.385. The Kier molecular flexibility index (Phi) is 5.58. The van der Waals surface area contributed by atoms with Crippen LogP contribution in [-0.2, 0) is 20.1 Å². The van der Waals surface area contributed by atoms with E-state index < -0.39 is 11.9 Å². The van der Waals surface area contributed by atoms with Gasteiger partial charge in [0.05, 0.1) is 35.6 Å². The van der Waals surface area contributed by atoms with E-state index in [-0.39, 0.29) is 6.23 Å². The van der Waals surface area contributed by atoms with Crippen LogP contribution in [0.3, 0.4) is 0 Å². The van der Waals surface area contributed by atoms with Gasteiger partial charge in [0.25, 0.3) is 0 Å². The number of nitrogens with zero attached hydrogens (tertiary/aromatic N) is 4. The molecular weight excluding hydrogens is 448 g/mol. The first-order valence-electron chi connectivity index (χ1n) is 12.1. The van der Waals surface area contributed by atoms with Gasteiger partial charge < -0.3 is 14.2 Å². The molecule has 0 bridgehead atoms. The lowest BCUT2D eigenvalue weighted by molar-refractivity contribution is -0.284. The lowest BCUT2D eigenvalue weighted by Gasteiger charge is -2.36. The standard InChI is InChI=1S/C26H26N4O5/c31-17-18-6-7-21-16-28-30(23(21)13-18)26(10-2-4-12-34-26)35-25(32)19-8-9-20-15-27-29(22(20)14-19)24-5-1-3-11-33-24/h6-9,13-17,24H,1-5,10-12H2/t24-,26+/m1/s1. The number of benzene rings is 2. The average molecular weight is 475 g/mol. The van der Waals surface area contributed by atoms with Crippen molar-refractivity contribution in [2.75, 3.05) is 13.2 Å². The number of carbonyl (C=O) groups is 2. The maximum Gasteiger partial charge on any atom is 0.342 e. The molecule has 0 radical (unpaired) electrons.